The molecule has 3 rings (SSSR count). The number of amides is 1. The number of carbonyl (C=O) groups is 1. The average Bonchev–Trinajstić information content (AvgIpc) is 2.80. The van der Waals surface area contributed by atoms with Crippen LogP contribution >= 0.6 is 24.8 Å². The lowest BCUT2D eigenvalue weighted by Crippen LogP contribution is -2.49. The SMILES string of the molecule is CCOC(=O)N1CCN(c2ccc3c(n2)CCNCC3)CC1.Cl.Cl. The number of hydrogen-bond donors (Lipinski definition) is 1. The summed E-state index contributed by atoms with van der Waals surface area (Å²) in [4.78, 5) is 20.6. The van der Waals surface area contributed by atoms with Crippen LogP contribution in [0.1, 0.15) is 18.2 Å². The molecule has 0 aromatic carbocycles. The number of ether oxygens (including phenoxy) is 1. The number of rotatable bonds is 2. The molecular formula is C16H26Cl2N4O2. The molecule has 2 aliphatic heterocycles. The van der Waals surface area contributed by atoms with Gasteiger partial charge in [0.2, 0.25) is 0 Å². The maximum Gasteiger partial charge on any atom is 0.409 e. The molecule has 1 saturated heterocycles. The van der Waals surface area contributed by atoms with Crippen molar-refractivity contribution >= 4 is 36.7 Å². The molecule has 1 amide bonds. The second-order valence-corrected chi connectivity index (χ2v) is 5.70. The summed E-state index contributed by atoms with van der Waals surface area (Å²) in [7, 11) is 0. The van der Waals surface area contributed by atoms with Gasteiger partial charge in [0.1, 0.15) is 5.82 Å². The molecule has 2 aliphatic rings. The molecule has 1 fully saturated rings. The molecule has 136 valence electrons. The molecule has 24 heavy (non-hydrogen) atoms. The predicted octanol–water partition coefficient (Wildman–Crippen LogP) is 1.89. The number of pyridine rings is 1. The molecule has 1 N–H and O–H groups in total. The Labute approximate surface area is 155 Å². The topological polar surface area (TPSA) is 57.7 Å². The fraction of sp³-hybridized carbons (Fsp3) is 0.625. The van der Waals surface area contributed by atoms with Gasteiger partial charge in [-0.2, -0.15) is 0 Å². The first-order valence-electron chi connectivity index (χ1n) is 8.14. The van der Waals surface area contributed by atoms with Gasteiger partial charge in [0.25, 0.3) is 0 Å². The molecule has 1 aromatic rings. The highest BCUT2D eigenvalue weighted by Crippen LogP contribution is 2.19. The number of anilines is 1. The van der Waals surface area contributed by atoms with Crippen LogP contribution in [-0.4, -0.2) is 61.9 Å². The van der Waals surface area contributed by atoms with Crippen molar-refractivity contribution in [1.29, 1.82) is 0 Å². The summed E-state index contributed by atoms with van der Waals surface area (Å²) in [5.74, 6) is 1.03. The van der Waals surface area contributed by atoms with Crippen molar-refractivity contribution in [3.05, 3.63) is 23.4 Å². The highest BCUT2D eigenvalue weighted by atomic mass is 35.5. The molecule has 6 nitrogen and oxygen atoms in total. The monoisotopic (exact) mass is 376 g/mol. The number of carbonyl (C=O) groups excluding carboxylic acids is 1. The number of aromatic nitrogens is 1. The number of halogens is 2. The highest BCUT2D eigenvalue weighted by Gasteiger charge is 2.23. The first-order valence-corrected chi connectivity index (χ1v) is 8.14. The van der Waals surface area contributed by atoms with Crippen LogP contribution in [0, 0.1) is 0 Å². The minimum absolute atomic E-state index is 0. The molecule has 0 bridgehead atoms. The molecule has 0 unspecified atom stereocenters. The second kappa shape index (κ2) is 9.91. The molecular weight excluding hydrogens is 351 g/mol. The van der Waals surface area contributed by atoms with E-state index in [4.69, 9.17) is 9.72 Å². The van der Waals surface area contributed by atoms with Crippen molar-refractivity contribution in [3.63, 3.8) is 0 Å². The van der Waals surface area contributed by atoms with Crippen LogP contribution in [0.3, 0.4) is 0 Å². The van der Waals surface area contributed by atoms with E-state index in [1.165, 1.54) is 11.3 Å². The fourth-order valence-corrected chi connectivity index (χ4v) is 3.03. The van der Waals surface area contributed by atoms with E-state index in [9.17, 15) is 4.79 Å². The summed E-state index contributed by atoms with van der Waals surface area (Å²) in [6, 6.07) is 4.33. The van der Waals surface area contributed by atoms with Crippen LogP contribution in [0.5, 0.6) is 0 Å². The van der Waals surface area contributed by atoms with E-state index < -0.39 is 0 Å². The summed E-state index contributed by atoms with van der Waals surface area (Å²) in [5.41, 5.74) is 2.58. The van der Waals surface area contributed by atoms with E-state index in [0.717, 1.165) is 44.8 Å². The number of nitrogens with zero attached hydrogens (tertiary/aromatic N) is 3. The Bertz CT molecular complexity index is 537. The van der Waals surface area contributed by atoms with Crippen molar-refractivity contribution < 1.29 is 9.53 Å². The van der Waals surface area contributed by atoms with Gasteiger partial charge in [-0.1, -0.05) is 6.07 Å². The van der Waals surface area contributed by atoms with Gasteiger partial charge in [0.15, 0.2) is 0 Å². The Morgan fingerprint density at radius 1 is 1.17 bits per heavy atom. The van der Waals surface area contributed by atoms with Gasteiger partial charge < -0.3 is 19.9 Å². The van der Waals surface area contributed by atoms with Crippen LogP contribution in [0.2, 0.25) is 0 Å². The lowest BCUT2D eigenvalue weighted by Gasteiger charge is -2.35. The number of fused-ring (bicyclic) bond motifs is 1. The van der Waals surface area contributed by atoms with Crippen LogP contribution < -0.4 is 10.2 Å². The van der Waals surface area contributed by atoms with E-state index in [1.54, 1.807) is 4.90 Å². The van der Waals surface area contributed by atoms with Gasteiger partial charge in [0.05, 0.1) is 6.61 Å². The summed E-state index contributed by atoms with van der Waals surface area (Å²) >= 11 is 0. The lowest BCUT2D eigenvalue weighted by atomic mass is 10.1. The Morgan fingerprint density at radius 2 is 1.88 bits per heavy atom. The molecule has 0 saturated carbocycles. The molecule has 0 radical (unpaired) electrons. The van der Waals surface area contributed by atoms with Crippen LogP contribution in [0.25, 0.3) is 0 Å². The van der Waals surface area contributed by atoms with Crippen molar-refractivity contribution in [3.8, 4) is 0 Å². The predicted molar refractivity (Wildman–Crippen MR) is 99.8 cm³/mol. The number of hydrogen-bond acceptors (Lipinski definition) is 5. The second-order valence-electron chi connectivity index (χ2n) is 5.70. The summed E-state index contributed by atoms with van der Waals surface area (Å²) in [6.45, 7) is 7.30. The smallest absolute Gasteiger partial charge is 0.409 e. The van der Waals surface area contributed by atoms with Crippen molar-refractivity contribution in [1.82, 2.24) is 15.2 Å². The standard InChI is InChI=1S/C16H24N4O2.2ClH/c1-2-22-16(21)20-11-9-19(10-12-20)15-4-3-13-5-7-17-8-6-14(13)18-15;;/h3-4,17H,2,5-12H2,1H3;2*1H. The summed E-state index contributed by atoms with van der Waals surface area (Å²) < 4.78 is 5.06. The zero-order valence-electron chi connectivity index (χ0n) is 14.0. The average molecular weight is 377 g/mol. The third-order valence-electron chi connectivity index (χ3n) is 4.29. The van der Waals surface area contributed by atoms with Crippen molar-refractivity contribution in [2.45, 2.75) is 19.8 Å². The minimum Gasteiger partial charge on any atom is -0.450 e. The maximum atomic E-state index is 11.7. The molecule has 0 spiro atoms. The van der Waals surface area contributed by atoms with Gasteiger partial charge in [-0.25, -0.2) is 9.78 Å². The number of piperazine rings is 1. The van der Waals surface area contributed by atoms with Gasteiger partial charge in [0, 0.05) is 44.8 Å². The summed E-state index contributed by atoms with van der Waals surface area (Å²) in [6.07, 6.45) is 1.84. The molecule has 0 aliphatic carbocycles. The fourth-order valence-electron chi connectivity index (χ4n) is 3.03. The Hall–Kier alpha value is -1.24. The summed E-state index contributed by atoms with van der Waals surface area (Å²) in [5, 5.41) is 3.41. The van der Waals surface area contributed by atoms with Crippen LogP contribution in [0.15, 0.2) is 12.1 Å². The number of nitrogens with one attached hydrogen (secondary N) is 1. The van der Waals surface area contributed by atoms with Gasteiger partial charge in [-0.15, -0.1) is 24.8 Å². The van der Waals surface area contributed by atoms with Gasteiger partial charge >= 0.3 is 6.09 Å². The van der Waals surface area contributed by atoms with E-state index in [0.29, 0.717) is 19.7 Å². The normalized spacial score (nSPS) is 17.0. The van der Waals surface area contributed by atoms with Crippen LogP contribution in [0.4, 0.5) is 10.6 Å². The first kappa shape index (κ1) is 20.8. The van der Waals surface area contributed by atoms with Gasteiger partial charge in [-0.05, 0) is 31.5 Å². The first-order chi connectivity index (χ1) is 10.8. The maximum absolute atomic E-state index is 11.7. The van der Waals surface area contributed by atoms with E-state index in [1.807, 2.05) is 6.92 Å². The van der Waals surface area contributed by atoms with Crippen molar-refractivity contribution in [2.75, 3.05) is 50.8 Å². The largest absolute Gasteiger partial charge is 0.450 e. The zero-order valence-corrected chi connectivity index (χ0v) is 15.6. The van der Waals surface area contributed by atoms with E-state index in [2.05, 4.69) is 22.3 Å². The van der Waals surface area contributed by atoms with Crippen molar-refractivity contribution in [2.24, 2.45) is 0 Å². The molecule has 0 atom stereocenters. The molecule has 1 aromatic heterocycles. The molecule has 8 heteroatoms. The van der Waals surface area contributed by atoms with Crippen LogP contribution in [-0.2, 0) is 17.6 Å². The van der Waals surface area contributed by atoms with E-state index >= 15 is 0 Å². The van der Waals surface area contributed by atoms with E-state index in [-0.39, 0.29) is 30.9 Å². The Balaban J connectivity index is 0.00000144. The minimum atomic E-state index is -0.205. The highest BCUT2D eigenvalue weighted by molar-refractivity contribution is 5.85. The Kier molecular flexibility index (Phi) is 8.59. The Morgan fingerprint density at radius 3 is 2.58 bits per heavy atom. The quantitative estimate of drug-likeness (QED) is 0.853. The lowest BCUT2D eigenvalue weighted by molar-refractivity contribution is 0.105. The molecule has 3 heterocycles. The van der Waals surface area contributed by atoms with Gasteiger partial charge in [-0.3, -0.25) is 0 Å². The third-order valence-corrected chi connectivity index (χ3v) is 4.29. The zero-order chi connectivity index (χ0) is 15.4. The third kappa shape index (κ3) is 4.88.